The summed E-state index contributed by atoms with van der Waals surface area (Å²) in [5, 5.41) is 3.43. The Balaban J connectivity index is 0.00000261. The zero-order valence-corrected chi connectivity index (χ0v) is 18.7. The van der Waals surface area contributed by atoms with Crippen LogP contribution in [-0.4, -0.2) is 64.0 Å². The van der Waals surface area contributed by atoms with Crippen molar-refractivity contribution in [2.24, 2.45) is 10.4 Å². The number of rotatable bonds is 7. The molecule has 1 aromatic carbocycles. The molecule has 0 aliphatic carbocycles. The molecule has 1 N–H and O–H groups in total. The summed E-state index contributed by atoms with van der Waals surface area (Å²) in [6.07, 6.45) is 3.27. The number of aliphatic imine (C=N–C) groups is 1. The van der Waals surface area contributed by atoms with Crippen LogP contribution in [0.25, 0.3) is 0 Å². The molecule has 152 valence electrons. The van der Waals surface area contributed by atoms with Gasteiger partial charge in [-0.3, -0.25) is 4.99 Å². The first-order valence-electron chi connectivity index (χ1n) is 9.62. The first-order chi connectivity index (χ1) is 12.7. The molecule has 27 heavy (non-hydrogen) atoms. The fourth-order valence-corrected chi connectivity index (χ4v) is 3.64. The minimum absolute atomic E-state index is 0. The van der Waals surface area contributed by atoms with E-state index >= 15 is 0 Å². The second-order valence-electron chi connectivity index (χ2n) is 7.09. The maximum Gasteiger partial charge on any atom is 0.193 e. The van der Waals surface area contributed by atoms with Crippen molar-refractivity contribution >= 4 is 29.9 Å². The molecule has 0 bridgehead atoms. The topological polar surface area (TPSA) is 55.3 Å². The molecule has 2 saturated heterocycles. The number of methoxy groups -OCH3 is 1. The van der Waals surface area contributed by atoms with Crippen LogP contribution in [-0.2, 0) is 4.74 Å². The van der Waals surface area contributed by atoms with Gasteiger partial charge in [-0.15, -0.1) is 24.0 Å². The lowest BCUT2D eigenvalue weighted by molar-refractivity contribution is 0.156. The van der Waals surface area contributed by atoms with Crippen molar-refractivity contribution in [1.29, 1.82) is 0 Å². The monoisotopic (exact) mass is 489 g/mol. The van der Waals surface area contributed by atoms with Gasteiger partial charge in [-0.1, -0.05) is 6.07 Å². The Morgan fingerprint density at radius 3 is 2.93 bits per heavy atom. The van der Waals surface area contributed by atoms with Crippen LogP contribution >= 0.6 is 24.0 Å². The average Bonchev–Trinajstić information content (AvgIpc) is 3.31. The van der Waals surface area contributed by atoms with Crippen LogP contribution in [0.4, 0.5) is 0 Å². The summed E-state index contributed by atoms with van der Waals surface area (Å²) in [5.74, 6) is 2.68. The van der Waals surface area contributed by atoms with Gasteiger partial charge in [0.2, 0.25) is 0 Å². The molecule has 0 aromatic heterocycles. The third kappa shape index (κ3) is 6.14. The van der Waals surface area contributed by atoms with Crippen molar-refractivity contribution in [3.63, 3.8) is 0 Å². The Bertz CT molecular complexity index is 606. The lowest BCUT2D eigenvalue weighted by Gasteiger charge is -2.25. The second kappa shape index (κ2) is 10.9. The van der Waals surface area contributed by atoms with E-state index in [0.717, 1.165) is 63.3 Å². The Morgan fingerprint density at radius 2 is 2.19 bits per heavy atom. The quantitative estimate of drug-likeness (QED) is 0.276. The highest BCUT2D eigenvalue weighted by atomic mass is 127. The van der Waals surface area contributed by atoms with Crippen LogP contribution in [0.5, 0.6) is 11.5 Å². The number of halogens is 1. The van der Waals surface area contributed by atoms with Crippen molar-refractivity contribution in [2.75, 3.05) is 53.1 Å². The van der Waals surface area contributed by atoms with Gasteiger partial charge in [-0.25, -0.2) is 0 Å². The average molecular weight is 489 g/mol. The molecule has 6 nitrogen and oxygen atoms in total. The minimum Gasteiger partial charge on any atom is -0.497 e. The SMILES string of the molecule is CCNC(=NCCCOc1cccc(OC)c1)N1CCC2(CCOC2)C1.I. The van der Waals surface area contributed by atoms with E-state index in [9.17, 15) is 0 Å². The van der Waals surface area contributed by atoms with Gasteiger partial charge in [0.05, 0.1) is 20.3 Å². The van der Waals surface area contributed by atoms with Crippen LogP contribution in [0.2, 0.25) is 0 Å². The summed E-state index contributed by atoms with van der Waals surface area (Å²) in [5.41, 5.74) is 0.353. The molecule has 2 fully saturated rings. The van der Waals surface area contributed by atoms with E-state index in [1.807, 2.05) is 24.3 Å². The lowest BCUT2D eigenvalue weighted by atomic mass is 9.87. The summed E-state index contributed by atoms with van der Waals surface area (Å²) in [6, 6.07) is 7.70. The Hall–Kier alpha value is -1.22. The number of hydrogen-bond acceptors (Lipinski definition) is 4. The molecule has 1 aromatic rings. The van der Waals surface area contributed by atoms with Crippen LogP contribution in [0, 0.1) is 5.41 Å². The molecule has 3 rings (SSSR count). The van der Waals surface area contributed by atoms with E-state index in [2.05, 4.69) is 17.1 Å². The van der Waals surface area contributed by atoms with Crippen molar-refractivity contribution in [1.82, 2.24) is 10.2 Å². The van der Waals surface area contributed by atoms with Crippen molar-refractivity contribution in [2.45, 2.75) is 26.2 Å². The summed E-state index contributed by atoms with van der Waals surface area (Å²) in [4.78, 5) is 7.19. The largest absolute Gasteiger partial charge is 0.497 e. The Kier molecular flexibility index (Phi) is 8.95. The first kappa shape index (κ1) is 22.1. The number of ether oxygens (including phenoxy) is 3. The minimum atomic E-state index is 0. The smallest absolute Gasteiger partial charge is 0.193 e. The standard InChI is InChI=1S/C20H31N3O3.HI/c1-3-21-19(23-11-8-20(15-23)9-13-25-16-20)22-10-5-12-26-18-7-4-6-17(14-18)24-2;/h4,6-7,14H,3,5,8-13,15-16H2,1-2H3,(H,21,22);1H. The highest BCUT2D eigenvalue weighted by Crippen LogP contribution is 2.38. The van der Waals surface area contributed by atoms with E-state index in [1.54, 1.807) is 7.11 Å². The molecule has 2 heterocycles. The molecule has 1 spiro atoms. The van der Waals surface area contributed by atoms with Crippen LogP contribution in [0.3, 0.4) is 0 Å². The normalized spacial score (nSPS) is 22.0. The predicted molar refractivity (Wildman–Crippen MR) is 119 cm³/mol. The van der Waals surface area contributed by atoms with Crippen molar-refractivity contribution in [3.05, 3.63) is 24.3 Å². The highest BCUT2D eigenvalue weighted by molar-refractivity contribution is 14.0. The predicted octanol–water partition coefficient (Wildman–Crippen LogP) is 3.16. The van der Waals surface area contributed by atoms with E-state index in [-0.39, 0.29) is 24.0 Å². The molecule has 0 saturated carbocycles. The molecule has 2 aliphatic rings. The lowest BCUT2D eigenvalue weighted by Crippen LogP contribution is -2.41. The molecule has 0 amide bonds. The summed E-state index contributed by atoms with van der Waals surface area (Å²) >= 11 is 0. The van der Waals surface area contributed by atoms with Gasteiger partial charge < -0.3 is 24.4 Å². The van der Waals surface area contributed by atoms with Crippen LogP contribution in [0.1, 0.15) is 26.2 Å². The molecular weight excluding hydrogens is 457 g/mol. The van der Waals surface area contributed by atoms with E-state index in [0.29, 0.717) is 12.0 Å². The van der Waals surface area contributed by atoms with Crippen molar-refractivity contribution in [3.8, 4) is 11.5 Å². The zero-order chi connectivity index (χ0) is 18.2. The fraction of sp³-hybridized carbons (Fsp3) is 0.650. The maximum absolute atomic E-state index is 5.79. The Morgan fingerprint density at radius 1 is 1.33 bits per heavy atom. The number of benzene rings is 1. The summed E-state index contributed by atoms with van der Waals surface area (Å²) in [7, 11) is 1.66. The third-order valence-corrected chi connectivity index (χ3v) is 5.13. The number of nitrogens with zero attached hydrogens (tertiary/aromatic N) is 2. The van der Waals surface area contributed by atoms with Crippen LogP contribution < -0.4 is 14.8 Å². The molecular formula is C20H32IN3O3. The first-order valence-corrected chi connectivity index (χ1v) is 9.62. The Labute approximate surface area is 179 Å². The van der Waals surface area contributed by atoms with Gasteiger partial charge in [0.25, 0.3) is 0 Å². The van der Waals surface area contributed by atoms with E-state index in [4.69, 9.17) is 19.2 Å². The fourth-order valence-electron chi connectivity index (χ4n) is 3.64. The number of nitrogens with one attached hydrogen (secondary N) is 1. The van der Waals surface area contributed by atoms with Gasteiger partial charge in [-0.2, -0.15) is 0 Å². The molecule has 1 unspecified atom stereocenters. The van der Waals surface area contributed by atoms with Gasteiger partial charge >= 0.3 is 0 Å². The van der Waals surface area contributed by atoms with E-state index in [1.165, 1.54) is 12.8 Å². The molecule has 1 atom stereocenters. The van der Waals surface area contributed by atoms with Gasteiger partial charge in [0.1, 0.15) is 11.5 Å². The van der Waals surface area contributed by atoms with Gasteiger partial charge in [-0.05, 0) is 31.9 Å². The van der Waals surface area contributed by atoms with Gasteiger partial charge in [0, 0.05) is 50.7 Å². The van der Waals surface area contributed by atoms with Crippen LogP contribution in [0.15, 0.2) is 29.3 Å². The zero-order valence-electron chi connectivity index (χ0n) is 16.4. The summed E-state index contributed by atoms with van der Waals surface area (Å²) < 4.78 is 16.6. The molecule has 0 radical (unpaired) electrons. The molecule has 7 heteroatoms. The second-order valence-corrected chi connectivity index (χ2v) is 7.09. The van der Waals surface area contributed by atoms with Crippen molar-refractivity contribution < 1.29 is 14.2 Å². The number of hydrogen-bond donors (Lipinski definition) is 1. The number of likely N-dealkylation sites (tertiary alicyclic amines) is 1. The number of guanidine groups is 1. The third-order valence-electron chi connectivity index (χ3n) is 5.13. The summed E-state index contributed by atoms with van der Waals surface area (Å²) in [6.45, 7) is 8.33. The highest BCUT2D eigenvalue weighted by Gasteiger charge is 2.42. The van der Waals surface area contributed by atoms with E-state index < -0.39 is 0 Å². The maximum atomic E-state index is 5.79. The van der Waals surface area contributed by atoms with Gasteiger partial charge in [0.15, 0.2) is 5.96 Å². The molecule has 2 aliphatic heterocycles.